The molecule has 1 heterocycles. The summed E-state index contributed by atoms with van der Waals surface area (Å²) in [7, 11) is 0. The number of carboxylic acid groups (broad SMARTS) is 1. The number of hydrogen-bond donors (Lipinski definition) is 1. The van der Waals surface area contributed by atoms with Crippen LogP contribution in [0.1, 0.15) is 14.5 Å². The predicted octanol–water partition coefficient (Wildman–Crippen LogP) is 4.46. The lowest BCUT2D eigenvalue weighted by molar-refractivity contribution is -0.385. The van der Waals surface area contributed by atoms with Gasteiger partial charge in [0.25, 0.3) is 5.69 Å². The molecule has 110 valence electrons. The minimum atomic E-state index is -0.982. The standard InChI is InChI=1S/C12H7Br2NO5S/c13-8-3-6(15(18)19)4-9(14)11(8)20-5-7-1-2-10(21-7)12(16)17/h1-4H,5H2,(H,16,17). The molecule has 6 nitrogen and oxygen atoms in total. The van der Waals surface area contributed by atoms with E-state index in [9.17, 15) is 14.9 Å². The maximum atomic E-state index is 10.8. The molecule has 0 aliphatic heterocycles. The van der Waals surface area contributed by atoms with Crippen LogP contribution >= 0.6 is 43.2 Å². The van der Waals surface area contributed by atoms with Crippen molar-refractivity contribution < 1.29 is 19.6 Å². The fourth-order valence-corrected chi connectivity index (χ4v) is 3.65. The SMILES string of the molecule is O=C(O)c1ccc(COc2c(Br)cc([N+](=O)[O-])cc2Br)s1. The molecular weight excluding hydrogens is 430 g/mol. The number of nitro groups is 1. The van der Waals surface area contributed by atoms with Crippen molar-refractivity contribution in [2.75, 3.05) is 0 Å². The van der Waals surface area contributed by atoms with Crippen molar-refractivity contribution in [1.82, 2.24) is 0 Å². The van der Waals surface area contributed by atoms with Crippen LogP contribution in [-0.4, -0.2) is 16.0 Å². The molecule has 0 unspecified atom stereocenters. The Morgan fingerprint density at radius 2 is 1.95 bits per heavy atom. The van der Waals surface area contributed by atoms with Gasteiger partial charge in [-0.05, 0) is 44.0 Å². The van der Waals surface area contributed by atoms with E-state index in [1.54, 1.807) is 6.07 Å². The van der Waals surface area contributed by atoms with E-state index in [1.165, 1.54) is 18.2 Å². The maximum Gasteiger partial charge on any atom is 0.345 e. The molecule has 9 heteroatoms. The number of carboxylic acids is 1. The Morgan fingerprint density at radius 1 is 1.33 bits per heavy atom. The predicted molar refractivity (Wildman–Crippen MR) is 84.1 cm³/mol. The zero-order chi connectivity index (χ0) is 15.6. The molecule has 0 spiro atoms. The third-order valence-electron chi connectivity index (χ3n) is 2.43. The average molecular weight is 437 g/mol. The van der Waals surface area contributed by atoms with Gasteiger partial charge in [0.2, 0.25) is 0 Å². The first kappa shape index (κ1) is 15.9. The fourth-order valence-electron chi connectivity index (χ4n) is 1.50. The number of aromatic carboxylic acids is 1. The Kier molecular flexibility index (Phi) is 4.96. The zero-order valence-corrected chi connectivity index (χ0v) is 14.2. The molecule has 0 atom stereocenters. The van der Waals surface area contributed by atoms with Crippen molar-refractivity contribution in [1.29, 1.82) is 0 Å². The zero-order valence-electron chi connectivity index (χ0n) is 10.2. The van der Waals surface area contributed by atoms with Crippen molar-refractivity contribution in [3.63, 3.8) is 0 Å². The van der Waals surface area contributed by atoms with Crippen molar-refractivity contribution in [2.24, 2.45) is 0 Å². The van der Waals surface area contributed by atoms with Crippen molar-refractivity contribution in [3.8, 4) is 5.75 Å². The maximum absolute atomic E-state index is 10.8. The molecule has 21 heavy (non-hydrogen) atoms. The number of carbonyl (C=O) groups is 1. The van der Waals surface area contributed by atoms with Crippen molar-refractivity contribution >= 4 is 54.9 Å². The van der Waals surface area contributed by atoms with E-state index in [1.807, 2.05) is 0 Å². The van der Waals surface area contributed by atoms with Crippen molar-refractivity contribution in [2.45, 2.75) is 6.61 Å². The van der Waals surface area contributed by atoms with Crippen LogP contribution in [-0.2, 0) is 6.61 Å². The smallest absolute Gasteiger partial charge is 0.345 e. The van der Waals surface area contributed by atoms with E-state index < -0.39 is 10.9 Å². The molecule has 1 N–H and O–H groups in total. The molecule has 0 bridgehead atoms. The van der Waals surface area contributed by atoms with Crippen LogP contribution in [0.15, 0.2) is 33.2 Å². The summed E-state index contributed by atoms with van der Waals surface area (Å²) < 4.78 is 6.47. The van der Waals surface area contributed by atoms with Gasteiger partial charge in [0.05, 0.1) is 13.9 Å². The number of thiophene rings is 1. The molecule has 0 aliphatic rings. The van der Waals surface area contributed by atoms with Gasteiger partial charge >= 0.3 is 5.97 Å². The number of rotatable bonds is 5. The summed E-state index contributed by atoms with van der Waals surface area (Å²) in [6, 6.07) is 5.86. The number of nitrogens with zero attached hydrogens (tertiary/aromatic N) is 1. The van der Waals surface area contributed by atoms with E-state index in [0.29, 0.717) is 14.7 Å². The molecule has 1 aromatic carbocycles. The van der Waals surface area contributed by atoms with Gasteiger partial charge in [-0.25, -0.2) is 4.79 Å². The highest BCUT2D eigenvalue weighted by molar-refractivity contribution is 9.11. The lowest BCUT2D eigenvalue weighted by atomic mass is 10.3. The van der Waals surface area contributed by atoms with Gasteiger partial charge in [0.1, 0.15) is 17.2 Å². The molecule has 2 rings (SSSR count). The molecule has 1 aromatic heterocycles. The lowest BCUT2D eigenvalue weighted by Gasteiger charge is -2.09. The van der Waals surface area contributed by atoms with Crippen LogP contribution in [0.25, 0.3) is 0 Å². The van der Waals surface area contributed by atoms with Gasteiger partial charge in [-0.1, -0.05) is 0 Å². The van der Waals surface area contributed by atoms with Crippen LogP contribution in [0.2, 0.25) is 0 Å². The Labute approximate surface area is 139 Å². The molecule has 0 aliphatic carbocycles. The quantitative estimate of drug-likeness (QED) is 0.552. The van der Waals surface area contributed by atoms with Crippen LogP contribution < -0.4 is 4.74 Å². The molecular formula is C12H7Br2NO5S. The van der Waals surface area contributed by atoms with Gasteiger partial charge in [-0.2, -0.15) is 0 Å². The van der Waals surface area contributed by atoms with Crippen LogP contribution in [0, 0.1) is 10.1 Å². The summed E-state index contributed by atoms with van der Waals surface area (Å²) in [5.74, 6) is -0.560. The summed E-state index contributed by atoms with van der Waals surface area (Å²) in [5, 5.41) is 19.6. The third kappa shape index (κ3) is 3.80. The number of non-ortho nitro benzene ring substituents is 1. The lowest BCUT2D eigenvalue weighted by Crippen LogP contribution is -1.96. The molecule has 0 saturated heterocycles. The first-order chi connectivity index (χ1) is 9.88. The molecule has 0 fully saturated rings. The second-order valence-corrected chi connectivity index (χ2v) is 6.73. The van der Waals surface area contributed by atoms with E-state index in [0.717, 1.165) is 16.2 Å². The van der Waals surface area contributed by atoms with Gasteiger partial charge in [-0.15, -0.1) is 11.3 Å². The highest BCUT2D eigenvalue weighted by Crippen LogP contribution is 2.37. The monoisotopic (exact) mass is 435 g/mol. The molecule has 0 saturated carbocycles. The summed E-state index contributed by atoms with van der Waals surface area (Å²) in [6.45, 7) is 0.174. The Balaban J connectivity index is 2.16. The Hall–Kier alpha value is -1.45. The number of benzene rings is 1. The summed E-state index contributed by atoms with van der Waals surface area (Å²) >= 11 is 7.55. The molecule has 2 aromatic rings. The number of halogens is 2. The topological polar surface area (TPSA) is 89.7 Å². The van der Waals surface area contributed by atoms with Gasteiger partial charge < -0.3 is 9.84 Å². The van der Waals surface area contributed by atoms with E-state index >= 15 is 0 Å². The summed E-state index contributed by atoms with van der Waals surface area (Å²) in [5.41, 5.74) is -0.0645. The van der Waals surface area contributed by atoms with E-state index in [-0.39, 0.29) is 17.2 Å². The van der Waals surface area contributed by atoms with E-state index in [2.05, 4.69) is 31.9 Å². The van der Waals surface area contributed by atoms with Crippen LogP contribution in [0.3, 0.4) is 0 Å². The minimum absolute atomic E-state index is 0.0645. The number of nitro benzene ring substituents is 1. The largest absolute Gasteiger partial charge is 0.486 e. The average Bonchev–Trinajstić information content (AvgIpc) is 2.86. The molecule has 0 amide bonds. The highest BCUT2D eigenvalue weighted by Gasteiger charge is 2.16. The Morgan fingerprint density at radius 3 is 2.43 bits per heavy atom. The Bertz CT molecular complexity index is 692. The molecule has 0 radical (unpaired) electrons. The van der Waals surface area contributed by atoms with E-state index in [4.69, 9.17) is 9.84 Å². The normalized spacial score (nSPS) is 10.4. The second kappa shape index (κ2) is 6.54. The van der Waals surface area contributed by atoms with Gasteiger partial charge in [-0.3, -0.25) is 10.1 Å². The van der Waals surface area contributed by atoms with Crippen molar-refractivity contribution in [3.05, 3.63) is 53.1 Å². The van der Waals surface area contributed by atoms with Gasteiger partial charge in [0.15, 0.2) is 0 Å². The number of hydrogen-bond acceptors (Lipinski definition) is 5. The minimum Gasteiger partial charge on any atom is -0.486 e. The highest BCUT2D eigenvalue weighted by atomic mass is 79.9. The first-order valence-electron chi connectivity index (χ1n) is 5.46. The summed E-state index contributed by atoms with van der Waals surface area (Å²) in [6.07, 6.45) is 0. The second-order valence-electron chi connectivity index (χ2n) is 3.86. The number of ether oxygens (including phenoxy) is 1. The first-order valence-corrected chi connectivity index (χ1v) is 7.87. The third-order valence-corrected chi connectivity index (χ3v) is 4.65. The van der Waals surface area contributed by atoms with Gasteiger partial charge in [0, 0.05) is 17.0 Å². The van der Waals surface area contributed by atoms with Crippen LogP contribution in [0.4, 0.5) is 5.69 Å². The van der Waals surface area contributed by atoms with Crippen LogP contribution in [0.5, 0.6) is 5.75 Å². The summed E-state index contributed by atoms with van der Waals surface area (Å²) in [4.78, 5) is 22.0. The fraction of sp³-hybridized carbons (Fsp3) is 0.0833.